The van der Waals surface area contributed by atoms with Crippen LogP contribution in [0, 0.1) is 0 Å². The standard InChI is InChI=1S/C15H17N3O/c1-9(2)13-14(17-18(3)15(13)16)11-8-19-12-7-5-4-6-10(11)12/h4-9H,16H2,1-3H3. The van der Waals surface area contributed by atoms with Crippen LogP contribution in [0.2, 0.25) is 0 Å². The van der Waals surface area contributed by atoms with Crippen molar-refractivity contribution in [2.24, 2.45) is 7.05 Å². The van der Waals surface area contributed by atoms with E-state index >= 15 is 0 Å². The summed E-state index contributed by atoms with van der Waals surface area (Å²) < 4.78 is 7.33. The molecule has 4 heteroatoms. The minimum absolute atomic E-state index is 0.317. The van der Waals surface area contributed by atoms with Gasteiger partial charge in [-0.2, -0.15) is 5.10 Å². The Morgan fingerprint density at radius 2 is 2.00 bits per heavy atom. The summed E-state index contributed by atoms with van der Waals surface area (Å²) in [4.78, 5) is 0. The first-order valence-corrected chi connectivity index (χ1v) is 6.38. The van der Waals surface area contributed by atoms with Gasteiger partial charge < -0.3 is 10.2 Å². The highest BCUT2D eigenvalue weighted by atomic mass is 16.3. The summed E-state index contributed by atoms with van der Waals surface area (Å²) in [5, 5.41) is 5.63. The Bertz CT molecular complexity index is 737. The lowest BCUT2D eigenvalue weighted by Gasteiger charge is -2.06. The first kappa shape index (κ1) is 11.8. The van der Waals surface area contributed by atoms with Gasteiger partial charge in [0.2, 0.25) is 0 Å². The number of nitrogen functional groups attached to an aromatic ring is 1. The van der Waals surface area contributed by atoms with Crippen LogP contribution in [0.4, 0.5) is 5.82 Å². The summed E-state index contributed by atoms with van der Waals surface area (Å²) in [6.07, 6.45) is 1.76. The Morgan fingerprint density at radius 1 is 1.26 bits per heavy atom. The Hall–Kier alpha value is -2.23. The highest BCUT2D eigenvalue weighted by molar-refractivity contribution is 5.94. The summed E-state index contributed by atoms with van der Waals surface area (Å²) in [5.41, 5.74) is 10.00. The zero-order valence-corrected chi connectivity index (χ0v) is 11.3. The maximum absolute atomic E-state index is 6.12. The van der Waals surface area contributed by atoms with Crippen molar-refractivity contribution >= 4 is 16.8 Å². The van der Waals surface area contributed by atoms with Gasteiger partial charge in [0, 0.05) is 23.6 Å². The highest BCUT2D eigenvalue weighted by Gasteiger charge is 2.21. The van der Waals surface area contributed by atoms with Gasteiger partial charge in [0.25, 0.3) is 0 Å². The van der Waals surface area contributed by atoms with E-state index in [1.807, 2.05) is 31.3 Å². The second kappa shape index (κ2) is 4.16. The molecular formula is C15H17N3O. The zero-order chi connectivity index (χ0) is 13.6. The molecule has 0 saturated carbocycles. The number of nitrogens with two attached hydrogens (primary N) is 1. The van der Waals surface area contributed by atoms with Crippen LogP contribution in [0.1, 0.15) is 25.3 Å². The first-order chi connectivity index (χ1) is 9.09. The van der Waals surface area contributed by atoms with Crippen LogP contribution in [0.25, 0.3) is 22.2 Å². The zero-order valence-electron chi connectivity index (χ0n) is 11.3. The highest BCUT2D eigenvalue weighted by Crippen LogP contribution is 2.37. The van der Waals surface area contributed by atoms with Crippen molar-refractivity contribution in [2.75, 3.05) is 5.73 Å². The molecule has 2 heterocycles. The van der Waals surface area contributed by atoms with Crippen molar-refractivity contribution in [3.63, 3.8) is 0 Å². The Labute approximate surface area is 111 Å². The molecule has 1 aromatic carbocycles. The van der Waals surface area contributed by atoms with Crippen molar-refractivity contribution in [2.45, 2.75) is 19.8 Å². The van der Waals surface area contributed by atoms with Crippen LogP contribution in [-0.2, 0) is 7.05 Å². The molecule has 0 aliphatic rings. The molecule has 0 radical (unpaired) electrons. The molecule has 98 valence electrons. The number of fused-ring (bicyclic) bond motifs is 1. The van der Waals surface area contributed by atoms with E-state index in [9.17, 15) is 0 Å². The van der Waals surface area contributed by atoms with Crippen LogP contribution < -0.4 is 5.73 Å². The molecular weight excluding hydrogens is 238 g/mol. The summed E-state index contributed by atoms with van der Waals surface area (Å²) in [5.74, 6) is 1.03. The Balaban J connectivity index is 2.30. The fraction of sp³-hybridized carbons (Fsp3) is 0.267. The molecule has 3 aromatic rings. The second-order valence-corrected chi connectivity index (χ2v) is 5.07. The fourth-order valence-electron chi connectivity index (χ4n) is 2.48. The molecule has 0 fully saturated rings. The third kappa shape index (κ3) is 1.71. The van der Waals surface area contributed by atoms with E-state index in [4.69, 9.17) is 10.2 Å². The summed E-state index contributed by atoms with van der Waals surface area (Å²) in [6.45, 7) is 4.25. The average molecular weight is 255 g/mol. The van der Waals surface area contributed by atoms with Crippen LogP contribution >= 0.6 is 0 Å². The number of para-hydroxylation sites is 1. The average Bonchev–Trinajstić information content (AvgIpc) is 2.92. The van der Waals surface area contributed by atoms with Gasteiger partial charge in [-0.05, 0) is 12.0 Å². The van der Waals surface area contributed by atoms with Crippen LogP contribution in [0.15, 0.2) is 34.9 Å². The van der Waals surface area contributed by atoms with Crippen molar-refractivity contribution in [1.29, 1.82) is 0 Å². The monoisotopic (exact) mass is 255 g/mol. The summed E-state index contributed by atoms with van der Waals surface area (Å²) in [7, 11) is 1.87. The van der Waals surface area contributed by atoms with Gasteiger partial charge in [-0.1, -0.05) is 32.0 Å². The molecule has 0 aliphatic heterocycles. The number of hydrogen-bond donors (Lipinski definition) is 1. The second-order valence-electron chi connectivity index (χ2n) is 5.07. The molecule has 0 atom stereocenters. The van der Waals surface area contributed by atoms with Gasteiger partial charge in [-0.15, -0.1) is 0 Å². The molecule has 0 saturated heterocycles. The summed E-state index contributed by atoms with van der Waals surface area (Å²) >= 11 is 0. The number of aryl methyl sites for hydroxylation is 1. The van der Waals surface area contributed by atoms with Crippen LogP contribution in [-0.4, -0.2) is 9.78 Å². The maximum Gasteiger partial charge on any atom is 0.134 e. The maximum atomic E-state index is 6.12. The van der Waals surface area contributed by atoms with Crippen molar-refractivity contribution < 1.29 is 4.42 Å². The van der Waals surface area contributed by atoms with E-state index < -0.39 is 0 Å². The molecule has 0 spiro atoms. The minimum atomic E-state index is 0.317. The SMILES string of the molecule is CC(C)c1c(-c2coc3ccccc23)nn(C)c1N. The minimum Gasteiger partial charge on any atom is -0.464 e. The number of anilines is 1. The molecule has 0 unspecified atom stereocenters. The molecule has 2 N–H and O–H groups in total. The quantitative estimate of drug-likeness (QED) is 0.762. The van der Waals surface area contributed by atoms with Gasteiger partial charge in [-0.3, -0.25) is 4.68 Å². The van der Waals surface area contributed by atoms with Gasteiger partial charge in [0.05, 0.1) is 0 Å². The fourth-order valence-corrected chi connectivity index (χ4v) is 2.48. The molecule has 19 heavy (non-hydrogen) atoms. The van der Waals surface area contributed by atoms with E-state index in [2.05, 4.69) is 18.9 Å². The number of furan rings is 1. The molecule has 0 amide bonds. The van der Waals surface area contributed by atoms with E-state index in [1.54, 1.807) is 10.9 Å². The van der Waals surface area contributed by atoms with E-state index in [-0.39, 0.29) is 0 Å². The van der Waals surface area contributed by atoms with E-state index in [0.717, 1.165) is 33.6 Å². The Morgan fingerprint density at radius 3 is 2.74 bits per heavy atom. The van der Waals surface area contributed by atoms with E-state index in [0.29, 0.717) is 5.92 Å². The number of nitrogens with zero attached hydrogens (tertiary/aromatic N) is 2. The molecule has 0 aliphatic carbocycles. The van der Waals surface area contributed by atoms with Gasteiger partial charge in [0.15, 0.2) is 0 Å². The third-order valence-corrected chi connectivity index (χ3v) is 3.44. The molecule has 0 bridgehead atoms. The van der Waals surface area contributed by atoms with Crippen LogP contribution in [0.5, 0.6) is 0 Å². The molecule has 2 aromatic heterocycles. The Kier molecular flexibility index (Phi) is 2.59. The van der Waals surface area contributed by atoms with Gasteiger partial charge in [-0.25, -0.2) is 0 Å². The van der Waals surface area contributed by atoms with Crippen LogP contribution in [0.3, 0.4) is 0 Å². The lowest BCUT2D eigenvalue weighted by Crippen LogP contribution is -2.00. The van der Waals surface area contributed by atoms with Crippen molar-refractivity contribution in [3.8, 4) is 11.3 Å². The summed E-state index contributed by atoms with van der Waals surface area (Å²) in [6, 6.07) is 7.97. The molecule has 3 rings (SSSR count). The largest absolute Gasteiger partial charge is 0.464 e. The first-order valence-electron chi connectivity index (χ1n) is 6.38. The van der Waals surface area contributed by atoms with Crippen molar-refractivity contribution in [1.82, 2.24) is 9.78 Å². The van der Waals surface area contributed by atoms with Gasteiger partial charge in [0.1, 0.15) is 23.4 Å². The van der Waals surface area contributed by atoms with Gasteiger partial charge >= 0.3 is 0 Å². The molecule has 4 nitrogen and oxygen atoms in total. The number of rotatable bonds is 2. The predicted octanol–water partition coefficient (Wildman–Crippen LogP) is 3.54. The normalized spacial score (nSPS) is 11.6. The lowest BCUT2D eigenvalue weighted by atomic mass is 9.98. The van der Waals surface area contributed by atoms with E-state index in [1.165, 1.54) is 0 Å². The smallest absolute Gasteiger partial charge is 0.134 e. The number of aromatic nitrogens is 2. The number of hydrogen-bond acceptors (Lipinski definition) is 3. The topological polar surface area (TPSA) is 57.0 Å². The predicted molar refractivity (Wildman–Crippen MR) is 76.9 cm³/mol. The number of benzene rings is 1. The lowest BCUT2D eigenvalue weighted by molar-refractivity contribution is 0.616. The third-order valence-electron chi connectivity index (χ3n) is 3.44. The van der Waals surface area contributed by atoms with Crippen molar-refractivity contribution in [3.05, 3.63) is 36.1 Å².